The van der Waals surface area contributed by atoms with Gasteiger partial charge in [-0.05, 0) is 42.5 Å². The monoisotopic (exact) mass is 549 g/mol. The Morgan fingerprint density at radius 1 is 0.784 bits per heavy atom. The molecule has 7 nitrogen and oxygen atoms in total. The van der Waals surface area contributed by atoms with E-state index in [1.165, 1.54) is 17.0 Å². The molecule has 0 aromatic heterocycles. The van der Waals surface area contributed by atoms with E-state index in [0.29, 0.717) is 19.2 Å². The molecule has 2 saturated heterocycles. The molecule has 0 unspecified atom stereocenters. The number of benzene rings is 2. The van der Waals surface area contributed by atoms with Crippen LogP contribution in [-0.4, -0.2) is 86.4 Å². The molecule has 2 aliphatic heterocycles. The summed E-state index contributed by atoms with van der Waals surface area (Å²) in [5.41, 5.74) is -0.914. The SMILES string of the molecule is O=C(c1ccc(S(=O)(=O)c2cccc(C(F)(F)F)c2)cc1)N1CC(N2CCN(C(=O)C(F)(F)F)CC2)C1. The molecule has 2 aromatic carbocycles. The Morgan fingerprint density at radius 2 is 1.38 bits per heavy atom. The van der Waals surface area contributed by atoms with E-state index in [0.717, 1.165) is 35.2 Å². The van der Waals surface area contributed by atoms with Crippen molar-refractivity contribution in [3.05, 3.63) is 59.7 Å². The molecule has 0 radical (unpaired) electrons. The van der Waals surface area contributed by atoms with E-state index in [9.17, 15) is 44.3 Å². The topological polar surface area (TPSA) is 78.0 Å². The summed E-state index contributed by atoms with van der Waals surface area (Å²) >= 11 is 0. The standard InChI is InChI=1S/C23H21F6N3O4S/c24-22(25,26)16-2-1-3-19(12-16)37(35,36)18-6-4-15(5-7-18)20(33)32-13-17(14-32)30-8-10-31(11-9-30)21(34)23(27,28)29/h1-7,12,17H,8-11,13-14H2. The summed E-state index contributed by atoms with van der Waals surface area (Å²) in [6.45, 7) is 0.995. The van der Waals surface area contributed by atoms with Crippen LogP contribution in [0.1, 0.15) is 15.9 Å². The molecule has 0 atom stereocenters. The van der Waals surface area contributed by atoms with Crippen molar-refractivity contribution >= 4 is 21.7 Å². The van der Waals surface area contributed by atoms with Crippen LogP contribution in [0.2, 0.25) is 0 Å². The van der Waals surface area contributed by atoms with Gasteiger partial charge in [-0.3, -0.25) is 14.5 Å². The van der Waals surface area contributed by atoms with Gasteiger partial charge in [0.15, 0.2) is 0 Å². The minimum Gasteiger partial charge on any atom is -0.335 e. The molecule has 0 aliphatic carbocycles. The molecule has 0 bridgehead atoms. The molecule has 14 heteroatoms. The van der Waals surface area contributed by atoms with Crippen LogP contribution in [0.5, 0.6) is 0 Å². The first-order valence-corrected chi connectivity index (χ1v) is 12.6. The average molecular weight is 549 g/mol. The van der Waals surface area contributed by atoms with Gasteiger partial charge in [0.2, 0.25) is 9.84 Å². The summed E-state index contributed by atoms with van der Waals surface area (Å²) in [5, 5.41) is 0. The molecule has 2 amide bonds. The zero-order valence-electron chi connectivity index (χ0n) is 19.1. The van der Waals surface area contributed by atoms with Crippen LogP contribution >= 0.6 is 0 Å². The van der Waals surface area contributed by atoms with Gasteiger partial charge in [-0.1, -0.05) is 6.07 Å². The third-order valence-electron chi connectivity index (χ3n) is 6.39. The summed E-state index contributed by atoms with van der Waals surface area (Å²) < 4.78 is 102. The number of carbonyl (C=O) groups is 2. The maximum atomic E-state index is 13.0. The zero-order chi connectivity index (χ0) is 27.2. The maximum absolute atomic E-state index is 13.0. The third kappa shape index (κ3) is 5.59. The summed E-state index contributed by atoms with van der Waals surface area (Å²) in [5.74, 6) is -2.25. The predicted molar refractivity (Wildman–Crippen MR) is 117 cm³/mol. The summed E-state index contributed by atoms with van der Waals surface area (Å²) in [4.78, 5) is 27.5. The number of hydrogen-bond donors (Lipinski definition) is 0. The molecular weight excluding hydrogens is 528 g/mol. The lowest BCUT2D eigenvalue weighted by Crippen LogP contribution is -2.65. The number of rotatable bonds is 4. The zero-order valence-corrected chi connectivity index (χ0v) is 19.9. The van der Waals surface area contributed by atoms with Crippen LogP contribution in [0.4, 0.5) is 26.3 Å². The van der Waals surface area contributed by atoms with E-state index in [4.69, 9.17) is 0 Å². The van der Waals surface area contributed by atoms with Crippen molar-refractivity contribution in [1.82, 2.24) is 14.7 Å². The van der Waals surface area contributed by atoms with Crippen molar-refractivity contribution < 1.29 is 44.3 Å². The van der Waals surface area contributed by atoms with E-state index >= 15 is 0 Å². The molecule has 2 heterocycles. The third-order valence-corrected chi connectivity index (χ3v) is 8.16. The molecule has 0 N–H and O–H groups in total. The van der Waals surface area contributed by atoms with Gasteiger partial charge in [-0.15, -0.1) is 0 Å². The summed E-state index contributed by atoms with van der Waals surface area (Å²) in [6, 6.07) is 8.15. The molecule has 2 fully saturated rings. The summed E-state index contributed by atoms with van der Waals surface area (Å²) in [7, 11) is -4.25. The van der Waals surface area contributed by atoms with Crippen LogP contribution in [0, 0.1) is 0 Å². The highest BCUT2D eigenvalue weighted by Gasteiger charge is 2.44. The van der Waals surface area contributed by atoms with Crippen LogP contribution in [-0.2, 0) is 20.8 Å². The van der Waals surface area contributed by atoms with E-state index in [2.05, 4.69) is 0 Å². The largest absolute Gasteiger partial charge is 0.471 e. The Balaban J connectivity index is 1.35. The van der Waals surface area contributed by atoms with Gasteiger partial charge in [0.1, 0.15) is 0 Å². The highest BCUT2D eigenvalue weighted by Crippen LogP contribution is 2.32. The smallest absolute Gasteiger partial charge is 0.335 e. The van der Waals surface area contributed by atoms with Crippen molar-refractivity contribution in [2.75, 3.05) is 39.3 Å². The van der Waals surface area contributed by atoms with Crippen molar-refractivity contribution in [2.24, 2.45) is 0 Å². The number of amides is 2. The van der Waals surface area contributed by atoms with E-state index in [1.807, 2.05) is 4.90 Å². The van der Waals surface area contributed by atoms with Gasteiger partial charge in [-0.25, -0.2) is 8.42 Å². The Hall–Kier alpha value is -3.13. The Morgan fingerprint density at radius 3 is 1.92 bits per heavy atom. The highest BCUT2D eigenvalue weighted by atomic mass is 32.2. The second kappa shape index (κ2) is 9.63. The van der Waals surface area contributed by atoms with E-state index in [-0.39, 0.29) is 48.6 Å². The van der Waals surface area contributed by atoms with Crippen LogP contribution < -0.4 is 0 Å². The van der Waals surface area contributed by atoms with Crippen molar-refractivity contribution in [3.63, 3.8) is 0 Å². The van der Waals surface area contributed by atoms with Crippen LogP contribution in [0.15, 0.2) is 58.3 Å². The molecule has 37 heavy (non-hydrogen) atoms. The Bertz CT molecular complexity index is 1280. The van der Waals surface area contributed by atoms with Gasteiger partial charge in [0.05, 0.1) is 15.4 Å². The number of likely N-dealkylation sites (tertiary alicyclic amines) is 1. The first-order chi connectivity index (χ1) is 17.2. The van der Waals surface area contributed by atoms with Crippen molar-refractivity contribution in [3.8, 4) is 0 Å². The molecule has 0 saturated carbocycles. The lowest BCUT2D eigenvalue weighted by molar-refractivity contribution is -0.187. The van der Waals surface area contributed by atoms with Gasteiger partial charge in [-0.2, -0.15) is 26.3 Å². The Labute approximate surface area is 208 Å². The average Bonchev–Trinajstić information content (AvgIpc) is 2.82. The number of nitrogens with zero attached hydrogens (tertiary/aromatic N) is 3. The van der Waals surface area contributed by atoms with Crippen LogP contribution in [0.25, 0.3) is 0 Å². The number of halogens is 6. The number of hydrogen-bond acceptors (Lipinski definition) is 5. The normalized spacial score (nSPS) is 18.0. The minimum atomic E-state index is -4.91. The van der Waals surface area contributed by atoms with Crippen LogP contribution in [0.3, 0.4) is 0 Å². The molecular formula is C23H21F6N3O4S. The van der Waals surface area contributed by atoms with Gasteiger partial charge in [0, 0.05) is 50.9 Å². The highest BCUT2D eigenvalue weighted by molar-refractivity contribution is 7.91. The second-order valence-corrected chi connectivity index (χ2v) is 10.7. The number of sulfone groups is 1. The number of alkyl halides is 6. The predicted octanol–water partition coefficient (Wildman–Crippen LogP) is 3.07. The van der Waals surface area contributed by atoms with Gasteiger partial charge in [0.25, 0.3) is 5.91 Å². The fourth-order valence-corrected chi connectivity index (χ4v) is 5.56. The molecule has 0 spiro atoms. The van der Waals surface area contributed by atoms with E-state index in [1.54, 1.807) is 0 Å². The maximum Gasteiger partial charge on any atom is 0.471 e. The van der Waals surface area contributed by atoms with Gasteiger partial charge < -0.3 is 9.80 Å². The minimum absolute atomic E-state index is 0.0649. The molecule has 4 rings (SSSR count). The van der Waals surface area contributed by atoms with E-state index < -0.39 is 38.6 Å². The second-order valence-electron chi connectivity index (χ2n) is 8.74. The lowest BCUT2D eigenvalue weighted by Gasteiger charge is -2.48. The first kappa shape index (κ1) is 26.9. The van der Waals surface area contributed by atoms with Gasteiger partial charge >= 0.3 is 18.3 Å². The first-order valence-electron chi connectivity index (χ1n) is 11.1. The fourth-order valence-electron chi connectivity index (χ4n) is 4.26. The van der Waals surface area contributed by atoms with Crippen molar-refractivity contribution in [2.45, 2.75) is 28.2 Å². The summed E-state index contributed by atoms with van der Waals surface area (Å²) in [6.07, 6.45) is -9.62. The number of piperazine rings is 1. The quantitative estimate of drug-likeness (QED) is 0.548. The molecule has 2 aliphatic rings. The van der Waals surface area contributed by atoms with Crippen molar-refractivity contribution in [1.29, 1.82) is 0 Å². The molecule has 2 aromatic rings. The molecule has 200 valence electrons. The lowest BCUT2D eigenvalue weighted by atomic mass is 10.0. The fraction of sp³-hybridized carbons (Fsp3) is 0.391. The Kier molecular flexibility index (Phi) is 7.01. The number of carbonyl (C=O) groups excluding carboxylic acids is 2.